The van der Waals surface area contributed by atoms with Gasteiger partial charge in [-0.15, -0.1) is 0 Å². The highest BCUT2D eigenvalue weighted by atomic mass is 19.1. The maximum absolute atomic E-state index is 13.3. The van der Waals surface area contributed by atoms with Crippen molar-refractivity contribution in [1.29, 1.82) is 5.26 Å². The fourth-order valence-electron chi connectivity index (χ4n) is 4.95. The smallest absolute Gasteiger partial charge is 0.352 e. The van der Waals surface area contributed by atoms with E-state index in [4.69, 9.17) is 29.4 Å². The van der Waals surface area contributed by atoms with Crippen LogP contribution in [0.2, 0.25) is 0 Å². The lowest BCUT2D eigenvalue weighted by Gasteiger charge is -2.27. The second-order valence-corrected chi connectivity index (χ2v) is 10.9. The highest BCUT2D eigenvalue weighted by molar-refractivity contribution is 5.77. The molecule has 0 radical (unpaired) electrons. The molecular weight excluding hydrogens is 575 g/mol. The van der Waals surface area contributed by atoms with Gasteiger partial charge in [-0.2, -0.15) is 5.26 Å². The van der Waals surface area contributed by atoms with Crippen LogP contribution in [0.5, 0.6) is 28.7 Å². The van der Waals surface area contributed by atoms with Gasteiger partial charge in [0.1, 0.15) is 41.3 Å². The Morgan fingerprint density at radius 2 is 1.67 bits per heavy atom. The molecule has 0 saturated carbocycles. The Kier molecular flexibility index (Phi) is 9.24. The van der Waals surface area contributed by atoms with Crippen LogP contribution in [0.1, 0.15) is 54.9 Å². The molecule has 2 N–H and O–H groups in total. The Labute approximate surface area is 261 Å². The van der Waals surface area contributed by atoms with Gasteiger partial charge in [-0.25, -0.2) is 9.18 Å². The molecule has 2 unspecified atom stereocenters. The van der Waals surface area contributed by atoms with Gasteiger partial charge in [0.15, 0.2) is 17.6 Å². The van der Waals surface area contributed by atoms with Gasteiger partial charge < -0.3 is 29.4 Å². The molecule has 5 rings (SSSR count). The first-order chi connectivity index (χ1) is 21.7. The van der Waals surface area contributed by atoms with E-state index in [0.717, 1.165) is 5.56 Å². The lowest BCUT2D eigenvalue weighted by atomic mass is 9.83. The van der Waals surface area contributed by atoms with E-state index in [2.05, 4.69) is 19.9 Å². The Hall–Kier alpha value is -5.49. The van der Waals surface area contributed by atoms with Crippen molar-refractivity contribution >= 4 is 5.97 Å². The van der Waals surface area contributed by atoms with Gasteiger partial charge in [-0.1, -0.05) is 50.2 Å². The number of nitrogens with zero attached hydrogens (tertiary/aromatic N) is 1. The van der Waals surface area contributed by atoms with E-state index in [9.17, 15) is 14.4 Å². The molecule has 0 spiro atoms. The summed E-state index contributed by atoms with van der Waals surface area (Å²) in [6.07, 6.45) is -0.869. The van der Waals surface area contributed by atoms with Crippen molar-refractivity contribution in [3.63, 3.8) is 0 Å². The maximum Gasteiger partial charge on any atom is 0.352 e. The zero-order valence-electron chi connectivity index (χ0n) is 25.4. The molecule has 8 nitrogen and oxygen atoms in total. The van der Waals surface area contributed by atoms with Crippen molar-refractivity contribution in [3.05, 3.63) is 124 Å². The highest BCUT2D eigenvalue weighted by Gasteiger charge is 2.32. The molecule has 9 heteroatoms. The first kappa shape index (κ1) is 31.0. The van der Waals surface area contributed by atoms with Crippen molar-refractivity contribution in [1.82, 2.24) is 0 Å². The molecule has 0 saturated heterocycles. The standard InChI is InChI=1S/C36H33FN2O6/c1-21(2)24-7-12-27(13-8-24)43-22(3)36(40)44-28-14-15-29-32(18-28)45-35(39)30(19-38)34(29)25-9-16-31(33(17-25)41-4)42-20-23-5-10-26(37)11-6-23/h5-18,21-22,34H,20,39H2,1-4H3. The van der Waals surface area contributed by atoms with Crippen LogP contribution in [0.4, 0.5) is 4.39 Å². The largest absolute Gasteiger partial charge is 0.493 e. The summed E-state index contributed by atoms with van der Waals surface area (Å²) in [6.45, 7) is 6.03. The number of carbonyl (C=O) groups is 1. The number of hydrogen-bond acceptors (Lipinski definition) is 8. The number of allylic oxidation sites excluding steroid dienone is 1. The quantitative estimate of drug-likeness (QED) is 0.150. The van der Waals surface area contributed by atoms with E-state index in [1.807, 2.05) is 30.3 Å². The molecule has 0 fully saturated rings. The van der Waals surface area contributed by atoms with Crippen LogP contribution in [0.3, 0.4) is 0 Å². The second-order valence-electron chi connectivity index (χ2n) is 10.9. The average Bonchev–Trinajstić information content (AvgIpc) is 3.04. The minimum atomic E-state index is -0.869. The zero-order valence-corrected chi connectivity index (χ0v) is 25.4. The first-order valence-electron chi connectivity index (χ1n) is 14.4. The third-order valence-corrected chi connectivity index (χ3v) is 7.43. The molecule has 2 atom stereocenters. The molecule has 1 aliphatic heterocycles. The molecule has 0 amide bonds. The summed E-state index contributed by atoms with van der Waals surface area (Å²) in [4.78, 5) is 12.9. The van der Waals surface area contributed by atoms with Crippen LogP contribution in [0.15, 0.2) is 96.4 Å². The SMILES string of the molecule is COc1cc(C2C(C#N)=C(N)Oc3cc(OC(=O)C(C)Oc4ccc(C(C)C)cc4)ccc32)ccc1OCc1ccc(F)cc1. The van der Waals surface area contributed by atoms with Crippen LogP contribution in [0.25, 0.3) is 0 Å². The number of nitrogens with two attached hydrogens (primary N) is 1. The summed E-state index contributed by atoms with van der Waals surface area (Å²) in [7, 11) is 1.52. The molecule has 1 heterocycles. The van der Waals surface area contributed by atoms with E-state index in [1.54, 1.807) is 49.4 Å². The number of esters is 1. The van der Waals surface area contributed by atoms with E-state index >= 15 is 0 Å². The van der Waals surface area contributed by atoms with Crippen LogP contribution < -0.4 is 29.4 Å². The third-order valence-electron chi connectivity index (χ3n) is 7.43. The lowest BCUT2D eigenvalue weighted by Crippen LogP contribution is -2.28. The van der Waals surface area contributed by atoms with E-state index in [0.29, 0.717) is 40.0 Å². The summed E-state index contributed by atoms with van der Waals surface area (Å²) in [6, 6.07) is 26.0. The number of methoxy groups -OCH3 is 1. The molecule has 1 aliphatic rings. The van der Waals surface area contributed by atoms with Crippen molar-refractivity contribution in [2.75, 3.05) is 7.11 Å². The van der Waals surface area contributed by atoms with Gasteiger partial charge in [0.2, 0.25) is 5.88 Å². The molecule has 0 bridgehead atoms. The third kappa shape index (κ3) is 7.02. The number of hydrogen-bond donors (Lipinski definition) is 1. The predicted molar refractivity (Wildman–Crippen MR) is 166 cm³/mol. The van der Waals surface area contributed by atoms with Crippen LogP contribution in [0, 0.1) is 17.1 Å². The number of rotatable bonds is 10. The van der Waals surface area contributed by atoms with Crippen LogP contribution in [-0.4, -0.2) is 19.2 Å². The molecule has 4 aromatic rings. The minimum absolute atomic E-state index is 0.0596. The van der Waals surface area contributed by atoms with Crippen molar-refractivity contribution in [3.8, 4) is 34.8 Å². The van der Waals surface area contributed by atoms with E-state index < -0.39 is 18.0 Å². The maximum atomic E-state index is 13.3. The number of fused-ring (bicyclic) bond motifs is 1. The summed E-state index contributed by atoms with van der Waals surface area (Å²) in [5.41, 5.74) is 9.74. The number of ether oxygens (including phenoxy) is 5. The average molecular weight is 609 g/mol. The number of carbonyl (C=O) groups excluding carboxylic acids is 1. The Balaban J connectivity index is 1.34. The minimum Gasteiger partial charge on any atom is -0.493 e. The van der Waals surface area contributed by atoms with Crippen molar-refractivity contribution in [2.45, 2.75) is 45.3 Å². The summed E-state index contributed by atoms with van der Waals surface area (Å²) in [5.74, 6) is 0.885. The zero-order chi connectivity index (χ0) is 32.1. The molecule has 0 aliphatic carbocycles. The molecule has 4 aromatic carbocycles. The van der Waals surface area contributed by atoms with Gasteiger partial charge in [-0.05, 0) is 72.0 Å². The van der Waals surface area contributed by atoms with Crippen molar-refractivity contribution < 1.29 is 32.9 Å². The lowest BCUT2D eigenvalue weighted by molar-refractivity contribution is -0.141. The fraction of sp³-hybridized carbons (Fsp3) is 0.222. The summed E-state index contributed by atoms with van der Waals surface area (Å²) in [5, 5.41) is 9.99. The van der Waals surface area contributed by atoms with Crippen molar-refractivity contribution in [2.24, 2.45) is 5.73 Å². The topological polar surface area (TPSA) is 113 Å². The van der Waals surface area contributed by atoms with Crippen LogP contribution in [-0.2, 0) is 11.4 Å². The summed E-state index contributed by atoms with van der Waals surface area (Å²) < 4.78 is 42.0. The Morgan fingerprint density at radius 3 is 2.33 bits per heavy atom. The number of halogens is 1. The monoisotopic (exact) mass is 608 g/mol. The first-order valence-corrected chi connectivity index (χ1v) is 14.4. The normalized spacial score (nSPS) is 14.6. The fourth-order valence-corrected chi connectivity index (χ4v) is 4.95. The molecule has 230 valence electrons. The van der Waals surface area contributed by atoms with Gasteiger partial charge in [-0.3, -0.25) is 0 Å². The Morgan fingerprint density at radius 1 is 0.956 bits per heavy atom. The highest BCUT2D eigenvalue weighted by Crippen LogP contribution is 2.45. The molecular formula is C36H33FN2O6. The molecule has 45 heavy (non-hydrogen) atoms. The van der Waals surface area contributed by atoms with Gasteiger partial charge in [0.05, 0.1) is 13.0 Å². The summed E-state index contributed by atoms with van der Waals surface area (Å²) >= 11 is 0. The number of benzene rings is 4. The molecule has 0 aromatic heterocycles. The van der Waals surface area contributed by atoms with Gasteiger partial charge in [0, 0.05) is 11.6 Å². The van der Waals surface area contributed by atoms with Gasteiger partial charge in [0.25, 0.3) is 0 Å². The number of nitriles is 1. The van der Waals surface area contributed by atoms with Gasteiger partial charge >= 0.3 is 5.97 Å². The predicted octanol–water partition coefficient (Wildman–Crippen LogP) is 7.13. The van der Waals surface area contributed by atoms with Crippen LogP contribution >= 0.6 is 0 Å². The van der Waals surface area contributed by atoms with E-state index in [1.165, 1.54) is 24.8 Å². The Bertz CT molecular complexity index is 1760. The van der Waals surface area contributed by atoms with E-state index in [-0.39, 0.29) is 29.6 Å². The second kappa shape index (κ2) is 13.4.